The van der Waals surface area contributed by atoms with Crippen LogP contribution in [-0.2, 0) is 0 Å². The maximum absolute atomic E-state index is 11.5. The Balaban J connectivity index is 2.85. The number of carboxylic acid groups (broad SMARTS) is 1. The molecule has 0 saturated carbocycles. The summed E-state index contributed by atoms with van der Waals surface area (Å²) < 4.78 is 1.30. The second-order valence-corrected chi connectivity index (χ2v) is 3.22. The van der Waals surface area contributed by atoms with Gasteiger partial charge in [-0.25, -0.2) is 9.78 Å². The van der Waals surface area contributed by atoms with Crippen molar-refractivity contribution in [3.8, 4) is 0 Å². The summed E-state index contributed by atoms with van der Waals surface area (Å²) >= 11 is 0. The molecule has 0 amide bonds. The molecule has 0 radical (unpaired) electrons. The van der Waals surface area contributed by atoms with E-state index in [-0.39, 0.29) is 5.69 Å². The SMILES string of the molecule is Cc1ccn2c(=O)cc(C(=O)O)nc2c1. The van der Waals surface area contributed by atoms with Gasteiger partial charge < -0.3 is 5.11 Å². The Labute approximate surface area is 84.6 Å². The third-order valence-corrected chi connectivity index (χ3v) is 2.04. The van der Waals surface area contributed by atoms with Crippen LogP contribution in [-0.4, -0.2) is 20.5 Å². The van der Waals surface area contributed by atoms with E-state index in [9.17, 15) is 9.59 Å². The standard InChI is InChI=1S/C10H8N2O3/c1-6-2-3-12-8(4-6)11-7(10(14)15)5-9(12)13/h2-5H,1H3,(H,14,15). The van der Waals surface area contributed by atoms with Gasteiger partial charge in [-0.05, 0) is 24.6 Å². The van der Waals surface area contributed by atoms with Gasteiger partial charge in [-0.15, -0.1) is 0 Å². The lowest BCUT2D eigenvalue weighted by atomic mass is 10.3. The normalized spacial score (nSPS) is 10.5. The van der Waals surface area contributed by atoms with Crippen molar-refractivity contribution < 1.29 is 9.90 Å². The average molecular weight is 204 g/mol. The second-order valence-electron chi connectivity index (χ2n) is 3.22. The maximum atomic E-state index is 11.5. The van der Waals surface area contributed by atoms with Crippen LogP contribution in [0, 0.1) is 6.92 Å². The predicted molar refractivity (Wildman–Crippen MR) is 53.2 cm³/mol. The number of hydrogen-bond acceptors (Lipinski definition) is 3. The van der Waals surface area contributed by atoms with Gasteiger partial charge in [0.1, 0.15) is 5.65 Å². The predicted octanol–water partition coefficient (Wildman–Crippen LogP) is 0.701. The van der Waals surface area contributed by atoms with Crippen LogP contribution in [0.15, 0.2) is 29.2 Å². The lowest BCUT2D eigenvalue weighted by Gasteiger charge is -2.01. The van der Waals surface area contributed by atoms with Crippen molar-refractivity contribution in [1.82, 2.24) is 9.38 Å². The van der Waals surface area contributed by atoms with Crippen molar-refractivity contribution in [3.63, 3.8) is 0 Å². The second kappa shape index (κ2) is 3.20. The number of rotatable bonds is 1. The first-order valence-electron chi connectivity index (χ1n) is 4.31. The molecule has 0 unspecified atom stereocenters. The topological polar surface area (TPSA) is 71.7 Å². The molecule has 0 fully saturated rings. The zero-order valence-electron chi connectivity index (χ0n) is 7.97. The molecule has 0 spiro atoms. The van der Waals surface area contributed by atoms with E-state index in [0.717, 1.165) is 11.6 Å². The lowest BCUT2D eigenvalue weighted by Crippen LogP contribution is -2.17. The highest BCUT2D eigenvalue weighted by Crippen LogP contribution is 2.02. The largest absolute Gasteiger partial charge is 0.477 e. The van der Waals surface area contributed by atoms with Crippen molar-refractivity contribution in [1.29, 1.82) is 0 Å². The summed E-state index contributed by atoms with van der Waals surface area (Å²) in [6.45, 7) is 1.85. The van der Waals surface area contributed by atoms with Gasteiger partial charge in [0.15, 0.2) is 5.69 Å². The monoisotopic (exact) mass is 204 g/mol. The fourth-order valence-electron chi connectivity index (χ4n) is 1.31. The zero-order valence-corrected chi connectivity index (χ0v) is 7.97. The van der Waals surface area contributed by atoms with Gasteiger partial charge in [0.25, 0.3) is 5.56 Å². The van der Waals surface area contributed by atoms with E-state index >= 15 is 0 Å². The van der Waals surface area contributed by atoms with E-state index in [4.69, 9.17) is 5.11 Å². The van der Waals surface area contributed by atoms with Crippen molar-refractivity contribution in [2.45, 2.75) is 6.92 Å². The first-order valence-corrected chi connectivity index (χ1v) is 4.31. The van der Waals surface area contributed by atoms with Crippen molar-refractivity contribution >= 4 is 11.6 Å². The van der Waals surface area contributed by atoms with Crippen LogP contribution in [0.1, 0.15) is 16.1 Å². The molecule has 2 aromatic heterocycles. The van der Waals surface area contributed by atoms with E-state index in [1.807, 2.05) is 6.92 Å². The maximum Gasteiger partial charge on any atom is 0.354 e. The van der Waals surface area contributed by atoms with E-state index in [1.165, 1.54) is 4.40 Å². The molecule has 0 aliphatic heterocycles. The number of nitrogens with zero attached hydrogens (tertiary/aromatic N) is 2. The van der Waals surface area contributed by atoms with Crippen LogP contribution in [0.3, 0.4) is 0 Å². The lowest BCUT2D eigenvalue weighted by molar-refractivity contribution is 0.0690. The third kappa shape index (κ3) is 1.59. The highest BCUT2D eigenvalue weighted by Gasteiger charge is 2.07. The minimum atomic E-state index is -1.20. The summed E-state index contributed by atoms with van der Waals surface area (Å²) in [6.07, 6.45) is 1.58. The number of aromatic carboxylic acids is 1. The van der Waals surface area contributed by atoms with Crippen LogP contribution < -0.4 is 5.56 Å². The molecular formula is C10H8N2O3. The molecular weight excluding hydrogens is 196 g/mol. The van der Waals surface area contributed by atoms with Crippen LogP contribution in [0.2, 0.25) is 0 Å². The average Bonchev–Trinajstić information content (AvgIpc) is 2.16. The molecule has 2 heterocycles. The first kappa shape index (κ1) is 9.39. The Morgan fingerprint density at radius 1 is 1.47 bits per heavy atom. The summed E-state index contributed by atoms with van der Waals surface area (Å²) in [6, 6.07) is 4.43. The number of hydrogen-bond donors (Lipinski definition) is 1. The molecule has 2 aromatic rings. The molecule has 0 aliphatic carbocycles. The van der Waals surface area contributed by atoms with Crippen molar-refractivity contribution in [2.24, 2.45) is 0 Å². The molecule has 5 nitrogen and oxygen atoms in total. The summed E-state index contributed by atoms with van der Waals surface area (Å²) in [4.78, 5) is 26.0. The molecule has 0 atom stereocenters. The minimum Gasteiger partial charge on any atom is -0.477 e. The minimum absolute atomic E-state index is 0.231. The molecule has 2 rings (SSSR count). The number of aromatic nitrogens is 2. The number of carboxylic acids is 1. The zero-order chi connectivity index (χ0) is 11.0. The van der Waals surface area contributed by atoms with Gasteiger partial charge in [0, 0.05) is 12.3 Å². The van der Waals surface area contributed by atoms with E-state index < -0.39 is 11.5 Å². The molecule has 5 heteroatoms. The Morgan fingerprint density at radius 2 is 2.20 bits per heavy atom. The molecule has 0 aliphatic rings. The van der Waals surface area contributed by atoms with E-state index in [2.05, 4.69) is 4.98 Å². The van der Waals surface area contributed by atoms with Crippen LogP contribution in [0.25, 0.3) is 5.65 Å². The summed E-state index contributed by atoms with van der Waals surface area (Å²) in [5.74, 6) is -1.20. The summed E-state index contributed by atoms with van der Waals surface area (Å²) in [7, 11) is 0. The smallest absolute Gasteiger partial charge is 0.354 e. The fraction of sp³-hybridized carbons (Fsp3) is 0.100. The molecule has 1 N–H and O–H groups in total. The number of pyridine rings is 1. The van der Waals surface area contributed by atoms with Gasteiger partial charge in [0.2, 0.25) is 0 Å². The van der Waals surface area contributed by atoms with Crippen LogP contribution >= 0.6 is 0 Å². The quantitative estimate of drug-likeness (QED) is 0.742. The molecule has 15 heavy (non-hydrogen) atoms. The number of carbonyl (C=O) groups is 1. The first-order chi connectivity index (χ1) is 7.08. The number of aryl methyl sites for hydroxylation is 1. The molecule has 0 aromatic carbocycles. The van der Waals surface area contributed by atoms with Gasteiger partial charge >= 0.3 is 5.97 Å². The van der Waals surface area contributed by atoms with Crippen LogP contribution in [0.4, 0.5) is 0 Å². The van der Waals surface area contributed by atoms with Gasteiger partial charge in [-0.1, -0.05) is 0 Å². The fourth-order valence-corrected chi connectivity index (χ4v) is 1.31. The summed E-state index contributed by atoms with van der Waals surface area (Å²) in [5, 5.41) is 8.73. The third-order valence-electron chi connectivity index (χ3n) is 2.04. The Kier molecular flexibility index (Phi) is 2.00. The van der Waals surface area contributed by atoms with Crippen LogP contribution in [0.5, 0.6) is 0 Å². The molecule has 0 saturated heterocycles. The van der Waals surface area contributed by atoms with Gasteiger partial charge in [-0.2, -0.15) is 0 Å². The highest BCUT2D eigenvalue weighted by atomic mass is 16.4. The Bertz CT molecular complexity index is 601. The summed E-state index contributed by atoms with van der Waals surface area (Å²) in [5.41, 5.74) is 0.646. The van der Waals surface area contributed by atoms with Crippen molar-refractivity contribution in [3.05, 3.63) is 46.0 Å². The molecule has 0 bridgehead atoms. The highest BCUT2D eigenvalue weighted by molar-refractivity contribution is 5.85. The van der Waals surface area contributed by atoms with Crippen molar-refractivity contribution in [2.75, 3.05) is 0 Å². The van der Waals surface area contributed by atoms with E-state index in [1.54, 1.807) is 18.3 Å². The van der Waals surface area contributed by atoms with E-state index in [0.29, 0.717) is 5.65 Å². The molecule has 76 valence electrons. The van der Waals surface area contributed by atoms with Gasteiger partial charge in [0.05, 0.1) is 0 Å². The van der Waals surface area contributed by atoms with Gasteiger partial charge in [-0.3, -0.25) is 9.20 Å². The Morgan fingerprint density at radius 3 is 2.87 bits per heavy atom. The Hall–Kier alpha value is -2.17. The number of fused-ring (bicyclic) bond motifs is 1.